The molecule has 116 valence electrons. The van der Waals surface area contributed by atoms with Gasteiger partial charge in [-0.05, 0) is 32.0 Å². The van der Waals surface area contributed by atoms with Crippen molar-refractivity contribution >= 4 is 17.3 Å². The summed E-state index contributed by atoms with van der Waals surface area (Å²) in [5.74, 6) is -0.0159. The number of hydrogen-bond acceptors (Lipinski definition) is 4. The van der Waals surface area contributed by atoms with Gasteiger partial charge >= 0.3 is 0 Å². The van der Waals surface area contributed by atoms with Crippen LogP contribution in [-0.2, 0) is 0 Å². The Bertz CT molecular complexity index is 505. The molecule has 21 heavy (non-hydrogen) atoms. The van der Waals surface area contributed by atoms with Gasteiger partial charge in [-0.2, -0.15) is 0 Å². The summed E-state index contributed by atoms with van der Waals surface area (Å²) in [5.41, 5.74) is 8.52. The summed E-state index contributed by atoms with van der Waals surface area (Å²) in [7, 11) is 3.50. The molecule has 2 N–H and O–H groups in total. The second-order valence-corrected chi connectivity index (χ2v) is 6.09. The fourth-order valence-electron chi connectivity index (χ4n) is 2.71. The molecule has 0 spiro atoms. The highest BCUT2D eigenvalue weighted by atomic mass is 16.2. The lowest BCUT2D eigenvalue weighted by molar-refractivity contribution is 0.0827. The standard InChI is InChI=1S/C16H26N4O/c1-12(2)19-7-9-20(10-8-19)15-6-5-13(11-14(15)17)16(21)18(3)4/h5-6,11-12H,7-10,17H2,1-4H3. The summed E-state index contributed by atoms with van der Waals surface area (Å²) in [4.78, 5) is 18.3. The zero-order valence-corrected chi connectivity index (χ0v) is 13.5. The number of carbonyl (C=O) groups is 1. The first-order chi connectivity index (χ1) is 9.90. The zero-order chi connectivity index (χ0) is 15.6. The number of piperazine rings is 1. The fourth-order valence-corrected chi connectivity index (χ4v) is 2.71. The first kappa shape index (κ1) is 15.6. The minimum Gasteiger partial charge on any atom is -0.397 e. The van der Waals surface area contributed by atoms with Gasteiger partial charge in [-0.3, -0.25) is 9.69 Å². The summed E-state index contributed by atoms with van der Waals surface area (Å²) in [6, 6.07) is 6.21. The van der Waals surface area contributed by atoms with E-state index in [0.29, 0.717) is 17.3 Å². The monoisotopic (exact) mass is 290 g/mol. The number of nitrogen functional groups attached to an aromatic ring is 1. The van der Waals surface area contributed by atoms with Crippen molar-refractivity contribution in [3.8, 4) is 0 Å². The second-order valence-electron chi connectivity index (χ2n) is 6.09. The minimum absolute atomic E-state index is 0.0159. The molecule has 0 saturated carbocycles. The number of nitrogens with two attached hydrogens (primary N) is 1. The zero-order valence-electron chi connectivity index (χ0n) is 13.5. The maximum atomic E-state index is 12.0. The lowest BCUT2D eigenvalue weighted by Crippen LogP contribution is -2.49. The van der Waals surface area contributed by atoms with Gasteiger partial charge < -0.3 is 15.5 Å². The Hall–Kier alpha value is -1.75. The maximum Gasteiger partial charge on any atom is 0.253 e. The molecule has 1 heterocycles. The normalized spacial score (nSPS) is 16.3. The van der Waals surface area contributed by atoms with Gasteiger partial charge in [0.2, 0.25) is 0 Å². The molecule has 0 radical (unpaired) electrons. The minimum atomic E-state index is -0.0159. The van der Waals surface area contributed by atoms with E-state index in [9.17, 15) is 4.79 Å². The number of rotatable bonds is 3. The van der Waals surface area contributed by atoms with Crippen LogP contribution in [0.2, 0.25) is 0 Å². The van der Waals surface area contributed by atoms with Crippen molar-refractivity contribution in [2.24, 2.45) is 0 Å². The van der Waals surface area contributed by atoms with E-state index in [2.05, 4.69) is 23.6 Å². The molecule has 1 amide bonds. The van der Waals surface area contributed by atoms with Crippen LogP contribution in [0.4, 0.5) is 11.4 Å². The van der Waals surface area contributed by atoms with Crippen LogP contribution in [0.1, 0.15) is 24.2 Å². The highest BCUT2D eigenvalue weighted by Gasteiger charge is 2.21. The molecule has 0 aliphatic carbocycles. The van der Waals surface area contributed by atoms with Gasteiger partial charge in [0, 0.05) is 51.9 Å². The fraction of sp³-hybridized carbons (Fsp3) is 0.562. The van der Waals surface area contributed by atoms with E-state index in [4.69, 9.17) is 5.73 Å². The molecule has 0 atom stereocenters. The molecule has 1 aliphatic heterocycles. The van der Waals surface area contributed by atoms with Crippen molar-refractivity contribution in [2.75, 3.05) is 50.9 Å². The molecule has 1 aromatic rings. The van der Waals surface area contributed by atoms with Crippen molar-refractivity contribution in [3.63, 3.8) is 0 Å². The van der Waals surface area contributed by atoms with Crippen LogP contribution >= 0.6 is 0 Å². The van der Waals surface area contributed by atoms with E-state index >= 15 is 0 Å². The van der Waals surface area contributed by atoms with Crippen LogP contribution in [-0.4, -0.2) is 62.0 Å². The van der Waals surface area contributed by atoms with E-state index in [-0.39, 0.29) is 5.91 Å². The largest absolute Gasteiger partial charge is 0.397 e. The molecule has 5 nitrogen and oxygen atoms in total. The molecule has 1 fully saturated rings. The molecule has 0 unspecified atom stereocenters. The van der Waals surface area contributed by atoms with Crippen molar-refractivity contribution in [3.05, 3.63) is 23.8 Å². The smallest absolute Gasteiger partial charge is 0.253 e. The molecule has 2 rings (SSSR count). The van der Waals surface area contributed by atoms with Crippen molar-refractivity contribution < 1.29 is 4.79 Å². The summed E-state index contributed by atoms with van der Waals surface area (Å²) in [6.07, 6.45) is 0. The predicted molar refractivity (Wildman–Crippen MR) is 87.8 cm³/mol. The Morgan fingerprint density at radius 1 is 1.19 bits per heavy atom. The van der Waals surface area contributed by atoms with Gasteiger partial charge in [0.1, 0.15) is 0 Å². The number of hydrogen-bond donors (Lipinski definition) is 1. The number of anilines is 2. The Balaban J connectivity index is 2.10. The Morgan fingerprint density at radius 2 is 1.81 bits per heavy atom. The second kappa shape index (κ2) is 6.35. The quantitative estimate of drug-likeness (QED) is 0.857. The van der Waals surface area contributed by atoms with Crippen LogP contribution in [0, 0.1) is 0 Å². The van der Waals surface area contributed by atoms with E-state index in [1.165, 1.54) is 0 Å². The highest BCUT2D eigenvalue weighted by molar-refractivity contribution is 5.95. The predicted octanol–water partition coefficient (Wildman–Crippen LogP) is 1.50. The first-order valence-corrected chi connectivity index (χ1v) is 7.50. The van der Waals surface area contributed by atoms with Crippen molar-refractivity contribution in [2.45, 2.75) is 19.9 Å². The van der Waals surface area contributed by atoms with Gasteiger partial charge in [-0.25, -0.2) is 0 Å². The van der Waals surface area contributed by atoms with Crippen molar-refractivity contribution in [1.29, 1.82) is 0 Å². The van der Waals surface area contributed by atoms with E-state index < -0.39 is 0 Å². The molecule has 5 heteroatoms. The average molecular weight is 290 g/mol. The molecule has 0 aromatic heterocycles. The number of carbonyl (C=O) groups excluding carboxylic acids is 1. The van der Waals surface area contributed by atoms with Gasteiger partial charge in [-0.1, -0.05) is 0 Å². The summed E-state index contributed by atoms with van der Waals surface area (Å²) in [6.45, 7) is 8.51. The third kappa shape index (κ3) is 3.47. The summed E-state index contributed by atoms with van der Waals surface area (Å²) < 4.78 is 0. The average Bonchev–Trinajstić information content (AvgIpc) is 2.46. The molecule has 1 aliphatic rings. The van der Waals surface area contributed by atoms with Crippen molar-refractivity contribution in [1.82, 2.24) is 9.80 Å². The van der Waals surface area contributed by atoms with Gasteiger partial charge in [0.15, 0.2) is 0 Å². The molecular weight excluding hydrogens is 264 g/mol. The molecule has 1 aromatic carbocycles. The van der Waals surface area contributed by atoms with Gasteiger partial charge in [0.25, 0.3) is 5.91 Å². The SMILES string of the molecule is CC(C)N1CCN(c2ccc(C(=O)N(C)C)cc2N)CC1. The summed E-state index contributed by atoms with van der Waals surface area (Å²) in [5, 5.41) is 0. The lowest BCUT2D eigenvalue weighted by atomic mass is 10.1. The number of nitrogens with zero attached hydrogens (tertiary/aromatic N) is 3. The lowest BCUT2D eigenvalue weighted by Gasteiger charge is -2.38. The number of benzene rings is 1. The van der Waals surface area contributed by atoms with Crippen LogP contribution in [0.5, 0.6) is 0 Å². The molecule has 0 bridgehead atoms. The Labute approximate surface area is 127 Å². The first-order valence-electron chi connectivity index (χ1n) is 7.50. The third-order valence-corrected chi connectivity index (χ3v) is 4.07. The van der Waals surface area contributed by atoms with Gasteiger partial charge in [0.05, 0.1) is 11.4 Å². The highest BCUT2D eigenvalue weighted by Crippen LogP contribution is 2.26. The number of amides is 1. The third-order valence-electron chi connectivity index (χ3n) is 4.07. The van der Waals surface area contributed by atoms with E-state index in [1.807, 2.05) is 12.1 Å². The van der Waals surface area contributed by atoms with Crippen LogP contribution in [0.25, 0.3) is 0 Å². The topological polar surface area (TPSA) is 52.8 Å². The summed E-state index contributed by atoms with van der Waals surface area (Å²) >= 11 is 0. The van der Waals surface area contributed by atoms with Crippen LogP contribution in [0.15, 0.2) is 18.2 Å². The van der Waals surface area contributed by atoms with Crippen LogP contribution in [0.3, 0.4) is 0 Å². The Morgan fingerprint density at radius 3 is 2.29 bits per heavy atom. The molecular formula is C16H26N4O. The van der Waals surface area contributed by atoms with E-state index in [0.717, 1.165) is 31.9 Å². The maximum absolute atomic E-state index is 12.0. The van der Waals surface area contributed by atoms with Crippen LogP contribution < -0.4 is 10.6 Å². The van der Waals surface area contributed by atoms with E-state index in [1.54, 1.807) is 25.1 Å². The molecule has 1 saturated heterocycles. The van der Waals surface area contributed by atoms with Gasteiger partial charge in [-0.15, -0.1) is 0 Å². The Kier molecular flexibility index (Phi) is 4.73.